The highest BCUT2D eigenvalue weighted by Gasteiger charge is 2.54. The molecule has 15 heavy (non-hydrogen) atoms. The van der Waals surface area contributed by atoms with Crippen LogP contribution in [0.5, 0.6) is 0 Å². The Labute approximate surface area is 96.5 Å². The molecule has 2 aliphatic carbocycles. The van der Waals surface area contributed by atoms with E-state index in [9.17, 15) is 4.55 Å². The molecule has 3 unspecified atom stereocenters. The van der Waals surface area contributed by atoms with E-state index in [0.717, 1.165) is 30.2 Å². The minimum Gasteiger partial charge on any atom is -0.598 e. The van der Waals surface area contributed by atoms with E-state index in [0.29, 0.717) is 0 Å². The van der Waals surface area contributed by atoms with Crippen molar-refractivity contribution < 1.29 is 4.55 Å². The zero-order chi connectivity index (χ0) is 11.2. The lowest BCUT2D eigenvalue weighted by Crippen LogP contribution is -2.40. The SMILES string of the molecule is CC1C[C@@H]2C(CN[S+]([O-])C(C)(C)C)[C@@H]2C1. The third-order valence-electron chi connectivity index (χ3n) is 3.86. The molecule has 2 rings (SSSR count). The molecule has 0 radical (unpaired) electrons. The molecule has 2 aliphatic rings. The van der Waals surface area contributed by atoms with Crippen LogP contribution in [-0.4, -0.2) is 15.8 Å². The van der Waals surface area contributed by atoms with Gasteiger partial charge in [-0.25, -0.2) is 0 Å². The maximum atomic E-state index is 11.8. The Hall–Kier alpha value is 0.270. The van der Waals surface area contributed by atoms with Crippen molar-refractivity contribution in [1.82, 2.24) is 4.72 Å². The van der Waals surface area contributed by atoms with Crippen LogP contribution in [0.15, 0.2) is 0 Å². The van der Waals surface area contributed by atoms with Gasteiger partial charge >= 0.3 is 0 Å². The van der Waals surface area contributed by atoms with Crippen LogP contribution in [0.1, 0.15) is 40.5 Å². The number of nitrogens with one attached hydrogen (secondary N) is 1. The summed E-state index contributed by atoms with van der Waals surface area (Å²) >= 11 is -0.884. The van der Waals surface area contributed by atoms with Crippen molar-refractivity contribution in [2.75, 3.05) is 6.54 Å². The maximum Gasteiger partial charge on any atom is 0.136 e. The smallest absolute Gasteiger partial charge is 0.136 e. The number of hydrogen-bond donors (Lipinski definition) is 1. The van der Waals surface area contributed by atoms with Crippen molar-refractivity contribution >= 4 is 11.4 Å². The zero-order valence-corrected chi connectivity index (χ0v) is 11.1. The van der Waals surface area contributed by atoms with Crippen LogP contribution in [0.25, 0.3) is 0 Å². The van der Waals surface area contributed by atoms with Crippen LogP contribution >= 0.6 is 0 Å². The standard InChI is InChI=1S/C12H23NOS/c1-8-5-9-10(6-8)11(9)7-13-15(14)12(2,3)4/h8-11,13H,5-7H2,1-4H3/t8?,9-,10+,11?,15?. The first-order valence-electron chi connectivity index (χ1n) is 6.05. The molecule has 0 bridgehead atoms. The molecule has 2 saturated carbocycles. The molecule has 0 heterocycles. The molecule has 2 nitrogen and oxygen atoms in total. The normalized spacial score (nSPS) is 41.4. The van der Waals surface area contributed by atoms with Gasteiger partial charge in [0.1, 0.15) is 4.75 Å². The van der Waals surface area contributed by atoms with E-state index in [2.05, 4.69) is 11.6 Å². The van der Waals surface area contributed by atoms with Gasteiger partial charge in [0.15, 0.2) is 0 Å². The Morgan fingerprint density at radius 3 is 2.27 bits per heavy atom. The van der Waals surface area contributed by atoms with Gasteiger partial charge in [-0.05, 0) is 57.3 Å². The van der Waals surface area contributed by atoms with Crippen LogP contribution in [0, 0.1) is 23.7 Å². The third-order valence-corrected chi connectivity index (χ3v) is 5.41. The van der Waals surface area contributed by atoms with E-state index in [1.54, 1.807) is 0 Å². The van der Waals surface area contributed by atoms with E-state index in [1.807, 2.05) is 20.8 Å². The first-order chi connectivity index (χ1) is 6.89. The highest BCUT2D eigenvalue weighted by molar-refractivity contribution is 7.90. The largest absolute Gasteiger partial charge is 0.598 e. The first kappa shape index (κ1) is 11.7. The van der Waals surface area contributed by atoms with Crippen molar-refractivity contribution in [1.29, 1.82) is 0 Å². The average molecular weight is 229 g/mol. The van der Waals surface area contributed by atoms with Crippen LogP contribution in [0.4, 0.5) is 0 Å². The fraction of sp³-hybridized carbons (Fsp3) is 1.00. The molecule has 88 valence electrons. The Balaban J connectivity index is 1.69. The van der Waals surface area contributed by atoms with E-state index in [1.165, 1.54) is 12.8 Å². The van der Waals surface area contributed by atoms with Crippen molar-refractivity contribution in [3.05, 3.63) is 0 Å². The Morgan fingerprint density at radius 2 is 1.80 bits per heavy atom. The third kappa shape index (κ3) is 2.51. The monoisotopic (exact) mass is 229 g/mol. The maximum absolute atomic E-state index is 11.8. The quantitative estimate of drug-likeness (QED) is 0.754. The summed E-state index contributed by atoms with van der Waals surface area (Å²) in [6.45, 7) is 9.37. The number of hydrogen-bond acceptors (Lipinski definition) is 2. The minimum absolute atomic E-state index is 0.128. The van der Waals surface area contributed by atoms with Crippen LogP contribution in [0.3, 0.4) is 0 Å². The molecular formula is C12H23NOS. The van der Waals surface area contributed by atoms with Gasteiger partial charge in [0.05, 0.1) is 0 Å². The topological polar surface area (TPSA) is 35.1 Å². The van der Waals surface area contributed by atoms with Gasteiger partial charge in [-0.15, -0.1) is 4.72 Å². The lowest BCUT2D eigenvalue weighted by molar-refractivity contribution is 0.463. The van der Waals surface area contributed by atoms with Gasteiger partial charge in [0.2, 0.25) is 0 Å². The lowest BCUT2D eigenvalue weighted by atomic mass is 10.0. The molecule has 0 aromatic heterocycles. The molecule has 0 spiro atoms. The van der Waals surface area contributed by atoms with Crippen molar-refractivity contribution in [3.8, 4) is 0 Å². The summed E-state index contributed by atoms with van der Waals surface area (Å²) in [5, 5.41) is 0. The predicted octanol–water partition coefficient (Wildman–Crippen LogP) is 2.33. The first-order valence-corrected chi connectivity index (χ1v) is 7.20. The van der Waals surface area contributed by atoms with Gasteiger partial charge in [-0.2, -0.15) is 0 Å². The Bertz CT molecular complexity index is 226. The average Bonchev–Trinajstić information content (AvgIpc) is 2.54. The Morgan fingerprint density at radius 1 is 1.27 bits per heavy atom. The van der Waals surface area contributed by atoms with E-state index in [-0.39, 0.29) is 4.75 Å². The molecule has 0 saturated heterocycles. The molecule has 1 N–H and O–H groups in total. The highest BCUT2D eigenvalue weighted by Crippen LogP contribution is 2.59. The van der Waals surface area contributed by atoms with Gasteiger partial charge in [0, 0.05) is 17.9 Å². The lowest BCUT2D eigenvalue weighted by Gasteiger charge is -2.24. The number of rotatable bonds is 3. The van der Waals surface area contributed by atoms with E-state index in [4.69, 9.17) is 0 Å². The van der Waals surface area contributed by atoms with Gasteiger partial charge < -0.3 is 4.55 Å². The minimum atomic E-state index is -0.884. The zero-order valence-electron chi connectivity index (χ0n) is 10.2. The second kappa shape index (κ2) is 3.94. The molecule has 0 amide bonds. The summed E-state index contributed by atoms with van der Waals surface area (Å²) in [4.78, 5) is 0. The van der Waals surface area contributed by atoms with Crippen LogP contribution in [-0.2, 0) is 11.4 Å². The van der Waals surface area contributed by atoms with Crippen LogP contribution < -0.4 is 4.72 Å². The fourth-order valence-electron chi connectivity index (χ4n) is 2.94. The molecular weight excluding hydrogens is 206 g/mol. The van der Waals surface area contributed by atoms with E-state index >= 15 is 0 Å². The summed E-state index contributed by atoms with van der Waals surface area (Å²) in [6.07, 6.45) is 2.80. The fourth-order valence-corrected chi connectivity index (χ4v) is 3.72. The molecule has 5 atom stereocenters. The summed E-state index contributed by atoms with van der Waals surface area (Å²) in [5.41, 5.74) is 0. The van der Waals surface area contributed by atoms with Crippen molar-refractivity contribution in [2.24, 2.45) is 23.7 Å². The van der Waals surface area contributed by atoms with Crippen molar-refractivity contribution in [3.63, 3.8) is 0 Å². The summed E-state index contributed by atoms with van der Waals surface area (Å²) < 4.78 is 14.9. The Kier molecular flexibility index (Phi) is 3.08. The second-order valence-corrected chi connectivity index (χ2v) is 8.35. The second-order valence-electron chi connectivity index (χ2n) is 6.30. The highest BCUT2D eigenvalue weighted by atomic mass is 32.2. The van der Waals surface area contributed by atoms with Crippen LogP contribution in [0.2, 0.25) is 0 Å². The van der Waals surface area contributed by atoms with Gasteiger partial charge in [-0.1, -0.05) is 6.92 Å². The molecule has 0 aromatic rings. The molecule has 3 heteroatoms. The summed E-state index contributed by atoms with van der Waals surface area (Å²) in [7, 11) is 0. The van der Waals surface area contributed by atoms with Crippen molar-refractivity contribution in [2.45, 2.75) is 45.3 Å². The molecule has 0 aromatic carbocycles. The number of fused-ring (bicyclic) bond motifs is 1. The summed E-state index contributed by atoms with van der Waals surface area (Å²) in [5.74, 6) is 3.66. The molecule has 0 aliphatic heterocycles. The molecule has 2 fully saturated rings. The summed E-state index contributed by atoms with van der Waals surface area (Å²) in [6, 6.07) is 0. The van der Waals surface area contributed by atoms with E-state index < -0.39 is 11.4 Å². The van der Waals surface area contributed by atoms with Gasteiger partial charge in [-0.3, -0.25) is 0 Å². The van der Waals surface area contributed by atoms with Gasteiger partial charge in [0.25, 0.3) is 0 Å². The predicted molar refractivity (Wildman–Crippen MR) is 64.8 cm³/mol.